The first-order valence-electron chi connectivity index (χ1n) is 7.83. The summed E-state index contributed by atoms with van der Waals surface area (Å²) in [5.41, 5.74) is 0.961. The molecule has 0 aliphatic carbocycles. The summed E-state index contributed by atoms with van der Waals surface area (Å²) in [5.74, 6) is -1.98. The largest absolute Gasteiger partial charge is 0.367 e. The summed E-state index contributed by atoms with van der Waals surface area (Å²) in [6, 6.07) is 13.2. The number of carbonyl (C=O) groups excluding carboxylic acids is 3. The summed E-state index contributed by atoms with van der Waals surface area (Å²) in [4.78, 5) is 49.9. The highest BCUT2D eigenvalue weighted by Gasteiger charge is 2.38. The van der Waals surface area contributed by atoms with Gasteiger partial charge in [0.2, 0.25) is 0 Å². The number of hydroxylamine groups is 2. The van der Waals surface area contributed by atoms with Gasteiger partial charge in [-0.2, -0.15) is 0 Å². The van der Waals surface area contributed by atoms with Gasteiger partial charge in [0, 0.05) is 18.0 Å². The van der Waals surface area contributed by atoms with Crippen LogP contribution >= 0.6 is 11.6 Å². The standard InChI is InChI=1S/C19H10ClN3O4/c20-15-8-4-3-7-14(15)16-21-9-11(10-22-16)19(26)27-23-17(24)12-5-1-2-6-13(12)18(23)25/h1-10H. The molecule has 2 heterocycles. The number of fused-ring (bicyclic) bond motifs is 1. The number of rotatable bonds is 3. The number of benzene rings is 2. The Labute approximate surface area is 158 Å². The molecular weight excluding hydrogens is 370 g/mol. The average Bonchev–Trinajstić information content (AvgIpc) is 2.94. The first-order valence-corrected chi connectivity index (χ1v) is 8.21. The van der Waals surface area contributed by atoms with Crippen molar-refractivity contribution in [2.45, 2.75) is 0 Å². The molecule has 27 heavy (non-hydrogen) atoms. The minimum Gasteiger partial charge on any atom is -0.324 e. The van der Waals surface area contributed by atoms with Crippen molar-refractivity contribution in [3.05, 3.63) is 82.6 Å². The summed E-state index contributed by atoms with van der Waals surface area (Å²) in [7, 11) is 0. The summed E-state index contributed by atoms with van der Waals surface area (Å²) in [5, 5.41) is 0.911. The SMILES string of the molecule is O=C(ON1C(=O)c2ccccc2C1=O)c1cnc(-c2ccccc2Cl)nc1. The van der Waals surface area contributed by atoms with Crippen molar-refractivity contribution in [3.63, 3.8) is 0 Å². The second kappa shape index (κ2) is 6.62. The fraction of sp³-hybridized carbons (Fsp3) is 0. The molecule has 0 saturated heterocycles. The van der Waals surface area contributed by atoms with Crippen molar-refractivity contribution in [1.29, 1.82) is 0 Å². The van der Waals surface area contributed by atoms with Crippen LogP contribution in [0.2, 0.25) is 5.02 Å². The molecule has 1 aromatic heterocycles. The molecule has 132 valence electrons. The van der Waals surface area contributed by atoms with Gasteiger partial charge in [0.1, 0.15) is 0 Å². The van der Waals surface area contributed by atoms with Crippen LogP contribution in [-0.4, -0.2) is 32.8 Å². The molecule has 1 aliphatic rings. The van der Waals surface area contributed by atoms with Crippen molar-refractivity contribution >= 4 is 29.4 Å². The minimum absolute atomic E-state index is 0.0117. The van der Waals surface area contributed by atoms with Crippen LogP contribution in [0, 0.1) is 0 Å². The molecule has 0 unspecified atom stereocenters. The molecule has 0 bridgehead atoms. The Morgan fingerprint density at radius 3 is 1.93 bits per heavy atom. The van der Waals surface area contributed by atoms with E-state index in [4.69, 9.17) is 16.4 Å². The van der Waals surface area contributed by atoms with Gasteiger partial charge < -0.3 is 4.84 Å². The zero-order valence-electron chi connectivity index (χ0n) is 13.6. The topological polar surface area (TPSA) is 89.5 Å². The third-order valence-corrected chi connectivity index (χ3v) is 4.26. The molecule has 0 saturated carbocycles. The zero-order valence-corrected chi connectivity index (χ0v) is 14.4. The summed E-state index contributed by atoms with van der Waals surface area (Å²) in [6.07, 6.45) is 2.48. The normalized spacial score (nSPS) is 12.9. The third-order valence-electron chi connectivity index (χ3n) is 3.93. The van der Waals surface area contributed by atoms with E-state index in [1.807, 2.05) is 0 Å². The minimum atomic E-state index is -0.921. The van der Waals surface area contributed by atoms with E-state index in [-0.39, 0.29) is 16.7 Å². The lowest BCUT2D eigenvalue weighted by atomic mass is 10.1. The van der Waals surface area contributed by atoms with Gasteiger partial charge >= 0.3 is 5.97 Å². The maximum Gasteiger partial charge on any atom is 0.367 e. The van der Waals surface area contributed by atoms with Crippen LogP contribution in [0.1, 0.15) is 31.1 Å². The molecule has 2 amide bonds. The molecule has 3 aromatic rings. The van der Waals surface area contributed by atoms with E-state index in [1.165, 1.54) is 24.5 Å². The second-order valence-electron chi connectivity index (χ2n) is 5.60. The van der Waals surface area contributed by atoms with Gasteiger partial charge in [-0.3, -0.25) is 9.59 Å². The Morgan fingerprint density at radius 1 is 0.852 bits per heavy atom. The highest BCUT2D eigenvalue weighted by atomic mass is 35.5. The molecule has 0 spiro atoms. The van der Waals surface area contributed by atoms with Crippen molar-refractivity contribution in [2.24, 2.45) is 0 Å². The van der Waals surface area contributed by atoms with Crippen LogP contribution in [0.15, 0.2) is 60.9 Å². The van der Waals surface area contributed by atoms with E-state index in [0.29, 0.717) is 21.5 Å². The highest BCUT2D eigenvalue weighted by Crippen LogP contribution is 2.25. The first-order chi connectivity index (χ1) is 13.1. The number of aromatic nitrogens is 2. The fourth-order valence-corrected chi connectivity index (χ4v) is 2.82. The van der Waals surface area contributed by atoms with Gasteiger partial charge in [-0.15, -0.1) is 0 Å². The van der Waals surface area contributed by atoms with Crippen LogP contribution in [0.4, 0.5) is 0 Å². The molecule has 7 nitrogen and oxygen atoms in total. The quantitative estimate of drug-likeness (QED) is 0.649. The number of nitrogens with zero attached hydrogens (tertiary/aromatic N) is 3. The summed E-state index contributed by atoms with van der Waals surface area (Å²) in [6.45, 7) is 0. The molecule has 0 N–H and O–H groups in total. The number of carbonyl (C=O) groups is 3. The number of halogens is 1. The van der Waals surface area contributed by atoms with E-state index >= 15 is 0 Å². The number of hydrogen-bond donors (Lipinski definition) is 0. The lowest BCUT2D eigenvalue weighted by Crippen LogP contribution is -2.32. The second-order valence-corrected chi connectivity index (χ2v) is 6.01. The lowest BCUT2D eigenvalue weighted by molar-refractivity contribution is -0.0585. The van der Waals surface area contributed by atoms with E-state index in [0.717, 1.165) is 0 Å². The number of hydrogen-bond acceptors (Lipinski definition) is 6. The molecular formula is C19H10ClN3O4. The molecule has 2 aromatic carbocycles. The molecule has 4 rings (SSSR count). The molecule has 8 heteroatoms. The van der Waals surface area contributed by atoms with Crippen molar-refractivity contribution in [3.8, 4) is 11.4 Å². The first kappa shape index (κ1) is 16.9. The lowest BCUT2D eigenvalue weighted by Gasteiger charge is -2.12. The van der Waals surface area contributed by atoms with Crippen LogP contribution in [0.5, 0.6) is 0 Å². The monoisotopic (exact) mass is 379 g/mol. The Kier molecular flexibility index (Phi) is 4.13. The van der Waals surface area contributed by atoms with E-state index < -0.39 is 17.8 Å². The Bertz CT molecular complexity index is 1050. The number of imide groups is 1. The van der Waals surface area contributed by atoms with Crippen molar-refractivity contribution in [1.82, 2.24) is 15.0 Å². The third kappa shape index (κ3) is 2.94. The highest BCUT2D eigenvalue weighted by molar-refractivity contribution is 6.33. The maximum absolute atomic E-state index is 12.3. The van der Waals surface area contributed by atoms with Crippen LogP contribution in [-0.2, 0) is 4.84 Å². The van der Waals surface area contributed by atoms with Crippen LogP contribution < -0.4 is 0 Å². The van der Waals surface area contributed by atoms with E-state index in [1.54, 1.807) is 36.4 Å². The van der Waals surface area contributed by atoms with Gasteiger partial charge in [-0.05, 0) is 24.3 Å². The van der Waals surface area contributed by atoms with Crippen LogP contribution in [0.3, 0.4) is 0 Å². The van der Waals surface area contributed by atoms with Gasteiger partial charge in [-0.25, -0.2) is 14.8 Å². The maximum atomic E-state index is 12.3. The Hall–Kier alpha value is -3.58. The fourth-order valence-electron chi connectivity index (χ4n) is 2.60. The Balaban J connectivity index is 1.54. The smallest absolute Gasteiger partial charge is 0.324 e. The van der Waals surface area contributed by atoms with Gasteiger partial charge in [0.15, 0.2) is 5.82 Å². The number of amides is 2. The van der Waals surface area contributed by atoms with Crippen molar-refractivity contribution < 1.29 is 19.2 Å². The van der Waals surface area contributed by atoms with E-state index in [2.05, 4.69) is 9.97 Å². The molecule has 0 radical (unpaired) electrons. The summed E-state index contributed by atoms with van der Waals surface area (Å²) >= 11 is 6.10. The van der Waals surface area contributed by atoms with Crippen molar-refractivity contribution in [2.75, 3.05) is 0 Å². The molecule has 1 aliphatic heterocycles. The molecule has 0 atom stereocenters. The zero-order chi connectivity index (χ0) is 19.0. The van der Waals surface area contributed by atoms with Gasteiger partial charge in [0.05, 0.1) is 21.7 Å². The predicted molar refractivity (Wildman–Crippen MR) is 94.8 cm³/mol. The van der Waals surface area contributed by atoms with Gasteiger partial charge in [0.25, 0.3) is 11.8 Å². The molecule has 0 fully saturated rings. The Morgan fingerprint density at radius 2 is 1.37 bits per heavy atom. The average molecular weight is 380 g/mol. The summed E-state index contributed by atoms with van der Waals surface area (Å²) < 4.78 is 0. The van der Waals surface area contributed by atoms with Gasteiger partial charge in [-0.1, -0.05) is 40.9 Å². The predicted octanol–water partition coefficient (Wildman–Crippen LogP) is 3.17. The van der Waals surface area contributed by atoms with E-state index in [9.17, 15) is 14.4 Å². The van der Waals surface area contributed by atoms with Crippen LogP contribution in [0.25, 0.3) is 11.4 Å².